The van der Waals surface area contributed by atoms with Crippen LogP contribution in [0.5, 0.6) is 0 Å². The van der Waals surface area contributed by atoms with Gasteiger partial charge in [-0.2, -0.15) is 0 Å². The number of fused-ring (bicyclic) bond motifs is 1. The number of hydrogen-bond donors (Lipinski definition) is 3. The van der Waals surface area contributed by atoms with Crippen LogP contribution < -0.4 is 21.0 Å². The van der Waals surface area contributed by atoms with Crippen molar-refractivity contribution < 1.29 is 13.2 Å². The number of sulfonamides is 1. The Morgan fingerprint density at radius 2 is 1.42 bits per heavy atom. The van der Waals surface area contributed by atoms with Crippen molar-refractivity contribution in [1.29, 1.82) is 0 Å². The van der Waals surface area contributed by atoms with E-state index in [2.05, 4.69) is 47.2 Å². The zero-order valence-corrected chi connectivity index (χ0v) is 24.7. The highest BCUT2D eigenvalue weighted by Gasteiger charge is 2.23. The molecule has 1 amide bonds. The summed E-state index contributed by atoms with van der Waals surface area (Å²) in [4.78, 5) is 33.3. The first-order valence-electron chi connectivity index (χ1n) is 13.9. The molecule has 0 atom stereocenters. The van der Waals surface area contributed by atoms with Crippen LogP contribution in [0.15, 0.2) is 94.6 Å². The summed E-state index contributed by atoms with van der Waals surface area (Å²) in [6.07, 6.45) is 0. The van der Waals surface area contributed by atoms with E-state index in [1.165, 1.54) is 28.9 Å². The van der Waals surface area contributed by atoms with Crippen molar-refractivity contribution in [1.82, 2.24) is 14.5 Å². The number of rotatable bonds is 6. The van der Waals surface area contributed by atoms with Crippen LogP contribution in [0.4, 0.5) is 17.1 Å². The number of amides is 1. The summed E-state index contributed by atoms with van der Waals surface area (Å²) in [6.45, 7) is 7.03. The average Bonchev–Trinajstić information content (AvgIpc) is 3.31. The molecule has 6 rings (SSSR count). The highest BCUT2D eigenvalue weighted by atomic mass is 32.2. The summed E-state index contributed by atoms with van der Waals surface area (Å²) < 4.78 is 24.6. The number of H-pyrrole nitrogens is 1. The molecule has 0 bridgehead atoms. The molecule has 1 saturated heterocycles. The van der Waals surface area contributed by atoms with Gasteiger partial charge in [-0.25, -0.2) is 18.4 Å². The zero-order valence-electron chi connectivity index (χ0n) is 23.9. The third kappa shape index (κ3) is 5.90. The SMILES string of the molecule is Cc1cc(C)cc(N2CCN(C(=O)c3ccc(-n4c(=O)[nH]c5cc(Nc6ccc(S(N)(=O)=O)cc6)ccc54)cc3)CC2)c1. The number of aromatic amines is 1. The van der Waals surface area contributed by atoms with Gasteiger partial charge >= 0.3 is 5.69 Å². The molecular weight excluding hydrogens is 564 g/mol. The topological polar surface area (TPSA) is 134 Å². The number of nitrogens with two attached hydrogens (primary N) is 1. The number of aryl methyl sites for hydroxylation is 2. The largest absolute Gasteiger partial charge is 0.368 e. The molecule has 1 fully saturated rings. The maximum Gasteiger partial charge on any atom is 0.331 e. The Kier molecular flexibility index (Phi) is 7.28. The van der Waals surface area contributed by atoms with Crippen LogP contribution in [0.1, 0.15) is 21.5 Å². The molecule has 10 nitrogen and oxygen atoms in total. The Morgan fingerprint density at radius 1 is 0.791 bits per heavy atom. The van der Waals surface area contributed by atoms with Crippen molar-refractivity contribution in [2.75, 3.05) is 36.4 Å². The molecule has 5 aromatic rings. The molecule has 2 heterocycles. The number of piperazine rings is 1. The van der Waals surface area contributed by atoms with E-state index in [0.29, 0.717) is 46.7 Å². The molecule has 0 spiro atoms. The molecular formula is C32H32N6O4S. The molecule has 0 unspecified atom stereocenters. The fourth-order valence-electron chi connectivity index (χ4n) is 5.58. The minimum absolute atomic E-state index is 0.0225. The second-order valence-corrected chi connectivity index (χ2v) is 12.4. The van der Waals surface area contributed by atoms with Gasteiger partial charge in [0.15, 0.2) is 0 Å². The predicted octanol–water partition coefficient (Wildman–Crippen LogP) is 4.29. The minimum atomic E-state index is -3.77. The van der Waals surface area contributed by atoms with Crippen molar-refractivity contribution in [2.45, 2.75) is 18.7 Å². The van der Waals surface area contributed by atoms with Crippen molar-refractivity contribution in [2.24, 2.45) is 5.14 Å². The second kappa shape index (κ2) is 11.1. The van der Waals surface area contributed by atoms with E-state index in [9.17, 15) is 18.0 Å². The Balaban J connectivity index is 1.15. The van der Waals surface area contributed by atoms with Gasteiger partial charge in [0.2, 0.25) is 10.0 Å². The van der Waals surface area contributed by atoms with Crippen molar-refractivity contribution in [3.63, 3.8) is 0 Å². The number of benzene rings is 4. The summed E-state index contributed by atoms with van der Waals surface area (Å²) in [7, 11) is -3.77. The lowest BCUT2D eigenvalue weighted by Gasteiger charge is -2.36. The van der Waals surface area contributed by atoms with Gasteiger partial charge in [-0.15, -0.1) is 0 Å². The quantitative estimate of drug-likeness (QED) is 0.268. The maximum absolute atomic E-state index is 13.3. The lowest BCUT2D eigenvalue weighted by Crippen LogP contribution is -2.48. The minimum Gasteiger partial charge on any atom is -0.368 e. The molecule has 43 heavy (non-hydrogen) atoms. The van der Waals surface area contributed by atoms with E-state index in [4.69, 9.17) is 5.14 Å². The number of imidazole rings is 1. The third-order valence-corrected chi connectivity index (χ3v) is 8.59. The average molecular weight is 597 g/mol. The summed E-state index contributed by atoms with van der Waals surface area (Å²) in [5.41, 5.74) is 7.27. The van der Waals surface area contributed by atoms with Gasteiger partial charge in [0.1, 0.15) is 0 Å². The predicted molar refractivity (Wildman–Crippen MR) is 169 cm³/mol. The summed E-state index contributed by atoms with van der Waals surface area (Å²) in [6, 6.07) is 25.2. The Morgan fingerprint density at radius 3 is 2.05 bits per heavy atom. The van der Waals surface area contributed by atoms with Gasteiger partial charge in [0.25, 0.3) is 5.91 Å². The van der Waals surface area contributed by atoms with Crippen LogP contribution in [0.25, 0.3) is 16.7 Å². The molecule has 4 aromatic carbocycles. The molecule has 1 aromatic heterocycles. The molecule has 1 aliphatic heterocycles. The normalized spacial score (nSPS) is 13.8. The monoisotopic (exact) mass is 596 g/mol. The van der Waals surface area contributed by atoms with Gasteiger partial charge in [-0.1, -0.05) is 6.07 Å². The fourth-order valence-corrected chi connectivity index (χ4v) is 6.09. The fraction of sp³-hybridized carbons (Fsp3) is 0.188. The van der Waals surface area contributed by atoms with E-state index in [-0.39, 0.29) is 16.5 Å². The smallest absolute Gasteiger partial charge is 0.331 e. The number of hydrogen-bond acceptors (Lipinski definition) is 6. The van der Waals surface area contributed by atoms with Crippen molar-refractivity contribution in [3.8, 4) is 5.69 Å². The summed E-state index contributed by atoms with van der Waals surface area (Å²) in [5, 5.41) is 8.37. The van der Waals surface area contributed by atoms with E-state index in [1.54, 1.807) is 47.0 Å². The van der Waals surface area contributed by atoms with Gasteiger partial charge < -0.3 is 20.1 Å². The Labute approximate surface area is 249 Å². The van der Waals surface area contributed by atoms with Crippen LogP contribution in [0.2, 0.25) is 0 Å². The lowest BCUT2D eigenvalue weighted by atomic mass is 10.1. The highest BCUT2D eigenvalue weighted by Crippen LogP contribution is 2.25. The number of carbonyl (C=O) groups is 1. The molecule has 0 saturated carbocycles. The molecule has 11 heteroatoms. The van der Waals surface area contributed by atoms with Gasteiger partial charge in [-0.05, 0) is 104 Å². The van der Waals surface area contributed by atoms with E-state index < -0.39 is 10.0 Å². The van der Waals surface area contributed by atoms with Crippen LogP contribution in [0, 0.1) is 13.8 Å². The number of nitrogens with zero attached hydrogens (tertiary/aromatic N) is 3. The number of aromatic nitrogens is 2. The molecule has 220 valence electrons. The van der Waals surface area contributed by atoms with Crippen molar-refractivity contribution >= 4 is 44.0 Å². The Bertz CT molecular complexity index is 1970. The maximum atomic E-state index is 13.3. The second-order valence-electron chi connectivity index (χ2n) is 10.9. The number of nitrogens with one attached hydrogen (secondary N) is 2. The van der Waals surface area contributed by atoms with E-state index >= 15 is 0 Å². The zero-order chi connectivity index (χ0) is 30.3. The Hall–Kier alpha value is -4.87. The first kappa shape index (κ1) is 28.3. The molecule has 0 radical (unpaired) electrons. The first-order valence-corrected chi connectivity index (χ1v) is 15.5. The third-order valence-electron chi connectivity index (χ3n) is 7.66. The summed E-state index contributed by atoms with van der Waals surface area (Å²) in [5.74, 6) is -0.0225. The summed E-state index contributed by atoms with van der Waals surface area (Å²) >= 11 is 0. The van der Waals surface area contributed by atoms with Crippen LogP contribution >= 0.6 is 0 Å². The standard InChI is InChI=1S/C32H32N6O4S/c1-21-17-22(2)19-27(18-21)36-13-15-37(16-14-36)31(39)23-3-8-26(9-4-23)38-30-12-7-25(20-29(30)35-32(38)40)34-24-5-10-28(11-6-24)43(33,41)42/h3-12,17-20,34H,13-16H2,1-2H3,(H,35,40)(H2,33,41,42). The van der Waals surface area contributed by atoms with E-state index in [1.807, 2.05) is 17.0 Å². The van der Waals surface area contributed by atoms with E-state index in [0.717, 1.165) is 13.1 Å². The van der Waals surface area contributed by atoms with Crippen LogP contribution in [0.3, 0.4) is 0 Å². The van der Waals surface area contributed by atoms with Crippen molar-refractivity contribution in [3.05, 3.63) is 112 Å². The molecule has 0 aliphatic carbocycles. The highest BCUT2D eigenvalue weighted by molar-refractivity contribution is 7.89. The van der Waals surface area contributed by atoms with Gasteiger partial charge in [0.05, 0.1) is 21.6 Å². The number of anilines is 3. The van der Waals surface area contributed by atoms with Crippen LogP contribution in [-0.4, -0.2) is 55.0 Å². The molecule has 4 N–H and O–H groups in total. The number of primary sulfonamides is 1. The number of carbonyl (C=O) groups excluding carboxylic acids is 1. The van der Waals surface area contributed by atoms with Gasteiger partial charge in [-0.3, -0.25) is 9.36 Å². The molecule has 1 aliphatic rings. The lowest BCUT2D eigenvalue weighted by molar-refractivity contribution is 0.0746. The van der Waals surface area contributed by atoms with Crippen LogP contribution in [-0.2, 0) is 10.0 Å². The van der Waals surface area contributed by atoms with Gasteiger partial charge in [0, 0.05) is 48.8 Å². The first-order chi connectivity index (χ1) is 20.5.